The Balaban J connectivity index is 2.23. The normalized spacial score (nSPS) is 15.9. The lowest BCUT2D eigenvalue weighted by Crippen LogP contribution is -2.25. The van der Waals surface area contributed by atoms with E-state index in [1.165, 1.54) is 31.5 Å². The number of ketones is 1. The lowest BCUT2D eigenvalue weighted by molar-refractivity contribution is 0.0982. The van der Waals surface area contributed by atoms with Crippen molar-refractivity contribution in [3.05, 3.63) is 29.6 Å². The zero-order valence-corrected chi connectivity index (χ0v) is 8.63. The lowest BCUT2D eigenvalue weighted by Gasteiger charge is -2.27. The van der Waals surface area contributed by atoms with Crippen molar-refractivity contribution in [2.24, 2.45) is 0 Å². The minimum Gasteiger partial charge on any atom is -0.490 e. The summed E-state index contributed by atoms with van der Waals surface area (Å²) in [6.45, 7) is 1.42. The fraction of sp³-hybridized carbons (Fsp3) is 0.417. The Labute approximate surface area is 88.1 Å². The van der Waals surface area contributed by atoms with E-state index in [4.69, 9.17) is 4.74 Å². The molecule has 80 valence electrons. The van der Waals surface area contributed by atoms with Crippen LogP contribution in [0.5, 0.6) is 5.75 Å². The van der Waals surface area contributed by atoms with Crippen molar-refractivity contribution >= 4 is 5.78 Å². The quantitative estimate of drug-likeness (QED) is 0.714. The minimum absolute atomic E-state index is 0.163. The van der Waals surface area contributed by atoms with Crippen molar-refractivity contribution in [3.63, 3.8) is 0 Å². The number of carbonyl (C=O) groups is 1. The summed E-state index contributed by atoms with van der Waals surface area (Å²) in [7, 11) is 0. The molecule has 1 fully saturated rings. The molecule has 0 N–H and O–H groups in total. The SMILES string of the molecule is CC(=O)c1cc(F)ccc1OC1CCC1. The Hall–Kier alpha value is -1.38. The molecule has 0 spiro atoms. The maximum Gasteiger partial charge on any atom is 0.163 e. The van der Waals surface area contributed by atoms with Crippen LogP contribution in [-0.4, -0.2) is 11.9 Å². The van der Waals surface area contributed by atoms with Crippen LogP contribution in [0.2, 0.25) is 0 Å². The number of hydrogen-bond acceptors (Lipinski definition) is 2. The first kappa shape index (κ1) is 10.1. The molecule has 0 bridgehead atoms. The number of rotatable bonds is 3. The van der Waals surface area contributed by atoms with E-state index < -0.39 is 5.82 Å². The highest BCUT2D eigenvalue weighted by Crippen LogP contribution is 2.28. The number of Topliss-reactive ketones (excluding diaryl/α,β-unsaturated/α-hetero) is 1. The topological polar surface area (TPSA) is 26.3 Å². The molecule has 1 aromatic carbocycles. The van der Waals surface area contributed by atoms with Gasteiger partial charge in [-0.25, -0.2) is 4.39 Å². The molecule has 2 nitrogen and oxygen atoms in total. The summed E-state index contributed by atoms with van der Waals surface area (Å²) < 4.78 is 18.5. The molecule has 0 amide bonds. The van der Waals surface area contributed by atoms with E-state index in [-0.39, 0.29) is 11.9 Å². The highest BCUT2D eigenvalue weighted by molar-refractivity contribution is 5.96. The summed E-state index contributed by atoms with van der Waals surface area (Å²) in [6, 6.07) is 4.08. The molecular formula is C12H13FO2. The van der Waals surface area contributed by atoms with Gasteiger partial charge >= 0.3 is 0 Å². The van der Waals surface area contributed by atoms with Gasteiger partial charge < -0.3 is 4.74 Å². The van der Waals surface area contributed by atoms with Crippen LogP contribution in [0.25, 0.3) is 0 Å². The standard InChI is InChI=1S/C12H13FO2/c1-8(14)11-7-9(13)5-6-12(11)15-10-3-2-4-10/h5-7,10H,2-4H2,1H3. The average molecular weight is 208 g/mol. The maximum absolute atomic E-state index is 12.9. The minimum atomic E-state index is -0.402. The summed E-state index contributed by atoms with van der Waals surface area (Å²) in [5, 5.41) is 0. The zero-order chi connectivity index (χ0) is 10.8. The first-order valence-corrected chi connectivity index (χ1v) is 5.14. The third-order valence-electron chi connectivity index (χ3n) is 2.67. The van der Waals surface area contributed by atoms with Gasteiger partial charge in [0.05, 0.1) is 11.7 Å². The van der Waals surface area contributed by atoms with Gasteiger partial charge in [-0.2, -0.15) is 0 Å². The molecule has 3 heteroatoms. The predicted octanol–water partition coefficient (Wildman–Crippen LogP) is 2.96. The van der Waals surface area contributed by atoms with Crippen LogP contribution in [0.3, 0.4) is 0 Å². The Kier molecular flexibility index (Phi) is 2.71. The van der Waals surface area contributed by atoms with Gasteiger partial charge in [0.15, 0.2) is 5.78 Å². The van der Waals surface area contributed by atoms with Crippen molar-refractivity contribution in [2.45, 2.75) is 32.3 Å². The molecule has 0 unspecified atom stereocenters. The van der Waals surface area contributed by atoms with Crippen LogP contribution in [0, 0.1) is 5.82 Å². The largest absolute Gasteiger partial charge is 0.490 e. The summed E-state index contributed by atoms with van der Waals surface area (Å²) >= 11 is 0. The van der Waals surface area contributed by atoms with E-state index in [9.17, 15) is 9.18 Å². The smallest absolute Gasteiger partial charge is 0.163 e. The summed E-state index contributed by atoms with van der Waals surface area (Å²) in [5.41, 5.74) is 0.335. The van der Waals surface area contributed by atoms with E-state index in [2.05, 4.69) is 0 Å². The van der Waals surface area contributed by atoms with Crippen molar-refractivity contribution < 1.29 is 13.9 Å². The molecule has 1 saturated carbocycles. The van der Waals surface area contributed by atoms with E-state index in [0.717, 1.165) is 12.8 Å². The number of benzene rings is 1. The fourth-order valence-corrected chi connectivity index (χ4v) is 1.55. The van der Waals surface area contributed by atoms with Gasteiger partial charge in [0.1, 0.15) is 11.6 Å². The number of hydrogen-bond donors (Lipinski definition) is 0. The molecule has 0 saturated heterocycles. The average Bonchev–Trinajstić information content (AvgIpc) is 2.12. The molecule has 0 aromatic heterocycles. The van der Waals surface area contributed by atoms with Crippen LogP contribution in [0.15, 0.2) is 18.2 Å². The van der Waals surface area contributed by atoms with Gasteiger partial charge in [0.25, 0.3) is 0 Å². The Morgan fingerprint density at radius 3 is 2.73 bits per heavy atom. The van der Waals surface area contributed by atoms with Crippen LogP contribution in [0.4, 0.5) is 4.39 Å². The second kappa shape index (κ2) is 4.01. The van der Waals surface area contributed by atoms with Gasteiger partial charge in [-0.3, -0.25) is 4.79 Å². The molecule has 2 rings (SSSR count). The number of ether oxygens (including phenoxy) is 1. The van der Waals surface area contributed by atoms with Crippen LogP contribution >= 0.6 is 0 Å². The van der Waals surface area contributed by atoms with E-state index in [1.54, 1.807) is 0 Å². The summed E-state index contributed by atoms with van der Waals surface area (Å²) in [4.78, 5) is 11.3. The monoisotopic (exact) mass is 208 g/mol. The predicted molar refractivity (Wildman–Crippen MR) is 54.7 cm³/mol. The first-order valence-electron chi connectivity index (χ1n) is 5.14. The Bertz CT molecular complexity index is 383. The highest BCUT2D eigenvalue weighted by atomic mass is 19.1. The Morgan fingerprint density at radius 1 is 1.47 bits per heavy atom. The molecule has 1 aliphatic carbocycles. The molecule has 15 heavy (non-hydrogen) atoms. The van der Waals surface area contributed by atoms with Gasteiger partial charge in [-0.05, 0) is 44.4 Å². The summed E-state index contributed by atoms with van der Waals surface area (Å²) in [6.07, 6.45) is 3.42. The maximum atomic E-state index is 12.9. The van der Waals surface area contributed by atoms with Crippen LogP contribution < -0.4 is 4.74 Å². The van der Waals surface area contributed by atoms with Crippen LogP contribution in [0.1, 0.15) is 36.5 Å². The molecule has 0 radical (unpaired) electrons. The molecule has 0 heterocycles. The Morgan fingerprint density at radius 2 is 2.20 bits per heavy atom. The molecule has 0 aliphatic heterocycles. The lowest BCUT2D eigenvalue weighted by atomic mass is 9.96. The van der Waals surface area contributed by atoms with Gasteiger partial charge in [0, 0.05) is 0 Å². The second-order valence-electron chi connectivity index (χ2n) is 3.87. The highest BCUT2D eigenvalue weighted by Gasteiger charge is 2.21. The van der Waals surface area contributed by atoms with Crippen molar-refractivity contribution in [1.29, 1.82) is 0 Å². The second-order valence-corrected chi connectivity index (χ2v) is 3.87. The van der Waals surface area contributed by atoms with Crippen molar-refractivity contribution in [1.82, 2.24) is 0 Å². The van der Waals surface area contributed by atoms with Crippen LogP contribution in [-0.2, 0) is 0 Å². The number of carbonyl (C=O) groups excluding carboxylic acids is 1. The third kappa shape index (κ3) is 2.17. The van der Waals surface area contributed by atoms with Gasteiger partial charge in [-0.1, -0.05) is 0 Å². The fourth-order valence-electron chi connectivity index (χ4n) is 1.55. The molecular weight excluding hydrogens is 195 g/mol. The number of halogens is 1. The van der Waals surface area contributed by atoms with Gasteiger partial charge in [0.2, 0.25) is 0 Å². The van der Waals surface area contributed by atoms with E-state index >= 15 is 0 Å². The van der Waals surface area contributed by atoms with E-state index in [1.807, 2.05) is 0 Å². The third-order valence-corrected chi connectivity index (χ3v) is 2.67. The summed E-state index contributed by atoms with van der Waals surface area (Å²) in [5.74, 6) is -0.0569. The zero-order valence-electron chi connectivity index (χ0n) is 8.63. The van der Waals surface area contributed by atoms with Gasteiger partial charge in [-0.15, -0.1) is 0 Å². The molecule has 1 aromatic rings. The van der Waals surface area contributed by atoms with E-state index in [0.29, 0.717) is 11.3 Å². The molecule has 1 aliphatic rings. The molecule has 0 atom stereocenters. The van der Waals surface area contributed by atoms with Crippen molar-refractivity contribution in [2.75, 3.05) is 0 Å². The van der Waals surface area contributed by atoms with Crippen molar-refractivity contribution in [3.8, 4) is 5.75 Å². The first-order chi connectivity index (χ1) is 7.16.